The average Bonchev–Trinajstić information content (AvgIpc) is 3.43. The first-order valence-corrected chi connectivity index (χ1v) is 10.9. The minimum atomic E-state index is -0.838. The first kappa shape index (κ1) is 19.9. The molecule has 4 heterocycles. The van der Waals surface area contributed by atoms with Gasteiger partial charge in [-0.2, -0.15) is 0 Å². The minimum absolute atomic E-state index is 0.398. The Bertz CT molecular complexity index is 1090. The molecular formula is C22H16Cl2N4O4. The normalized spacial score (nSPS) is 33.8. The Morgan fingerprint density at radius 3 is 1.22 bits per heavy atom. The third-order valence-corrected chi connectivity index (χ3v) is 7.33. The Hall–Kier alpha value is -2.78. The van der Waals surface area contributed by atoms with E-state index in [0.29, 0.717) is 10.0 Å². The molecule has 4 saturated heterocycles. The lowest BCUT2D eigenvalue weighted by atomic mass is 9.84. The second kappa shape index (κ2) is 6.86. The van der Waals surface area contributed by atoms with E-state index in [4.69, 9.17) is 23.2 Å². The molecule has 2 aromatic carbocycles. The van der Waals surface area contributed by atoms with Gasteiger partial charge in [0.05, 0.1) is 23.9 Å². The molecule has 0 aromatic heterocycles. The van der Waals surface area contributed by atoms with E-state index in [9.17, 15) is 19.2 Å². The molecule has 0 unspecified atom stereocenters. The first-order chi connectivity index (χ1) is 15.4. The smallest absolute Gasteiger partial charge is 0.246 e. The molecule has 0 saturated carbocycles. The first-order valence-electron chi connectivity index (χ1n) is 10.1. The summed E-state index contributed by atoms with van der Waals surface area (Å²) in [7, 11) is 0. The SMILES string of the molecule is O=C1NC(=O)[C@@H]2[C@@H]1[C@H](c1ccc(Cl)cc1)N1[C@@H]3C(=O)NC(=O)[C@@H]3[C@@H](c3ccc(Cl)cc3)N21. The van der Waals surface area contributed by atoms with Gasteiger partial charge in [0.1, 0.15) is 12.1 Å². The number of hydrogen-bond acceptors (Lipinski definition) is 6. The van der Waals surface area contributed by atoms with Crippen LogP contribution in [0.4, 0.5) is 0 Å². The lowest BCUT2D eigenvalue weighted by molar-refractivity contribution is -0.139. The summed E-state index contributed by atoms with van der Waals surface area (Å²) in [6, 6.07) is 11.0. The highest BCUT2D eigenvalue weighted by molar-refractivity contribution is 6.30. The molecular weight excluding hydrogens is 455 g/mol. The molecule has 4 aliphatic heterocycles. The van der Waals surface area contributed by atoms with Crippen molar-refractivity contribution in [2.75, 3.05) is 0 Å². The second-order valence-corrected chi connectivity index (χ2v) is 9.27. The Morgan fingerprint density at radius 1 is 0.531 bits per heavy atom. The minimum Gasteiger partial charge on any atom is -0.295 e. The van der Waals surface area contributed by atoms with Gasteiger partial charge in [-0.15, -0.1) is 0 Å². The number of hydrogen-bond donors (Lipinski definition) is 2. The lowest BCUT2D eigenvalue weighted by Crippen LogP contribution is -2.48. The van der Waals surface area contributed by atoms with Crippen molar-refractivity contribution in [3.8, 4) is 0 Å². The Morgan fingerprint density at radius 2 is 0.875 bits per heavy atom. The number of benzene rings is 2. The van der Waals surface area contributed by atoms with Crippen LogP contribution in [0.3, 0.4) is 0 Å². The van der Waals surface area contributed by atoms with Crippen molar-refractivity contribution in [3.05, 3.63) is 69.7 Å². The van der Waals surface area contributed by atoms with Crippen LogP contribution in [0.5, 0.6) is 0 Å². The van der Waals surface area contributed by atoms with Crippen molar-refractivity contribution < 1.29 is 19.2 Å². The number of imide groups is 2. The van der Waals surface area contributed by atoms with E-state index in [1.165, 1.54) is 0 Å². The van der Waals surface area contributed by atoms with Crippen LogP contribution in [0.2, 0.25) is 10.0 Å². The van der Waals surface area contributed by atoms with Gasteiger partial charge in [-0.05, 0) is 35.4 Å². The van der Waals surface area contributed by atoms with Gasteiger partial charge in [0.25, 0.3) is 0 Å². The van der Waals surface area contributed by atoms with Gasteiger partial charge in [0.15, 0.2) is 0 Å². The number of carbonyl (C=O) groups excluding carboxylic acids is 4. The van der Waals surface area contributed by atoms with Gasteiger partial charge in [-0.1, -0.05) is 47.5 Å². The van der Waals surface area contributed by atoms with Crippen LogP contribution < -0.4 is 10.6 Å². The lowest BCUT2D eigenvalue weighted by Gasteiger charge is -2.33. The number of hydrazine groups is 1. The zero-order valence-electron chi connectivity index (χ0n) is 16.4. The molecule has 0 bridgehead atoms. The molecule has 0 spiro atoms. The van der Waals surface area contributed by atoms with E-state index in [-0.39, 0.29) is 0 Å². The van der Waals surface area contributed by atoms with Crippen LogP contribution >= 0.6 is 23.2 Å². The van der Waals surface area contributed by atoms with Crippen LogP contribution in [-0.2, 0) is 19.2 Å². The highest BCUT2D eigenvalue weighted by Gasteiger charge is 2.71. The fraction of sp³-hybridized carbons (Fsp3) is 0.273. The zero-order valence-corrected chi connectivity index (χ0v) is 17.9. The summed E-state index contributed by atoms with van der Waals surface area (Å²) in [5.41, 5.74) is 1.47. The van der Waals surface area contributed by atoms with E-state index in [1.54, 1.807) is 58.5 Å². The molecule has 4 amide bonds. The molecule has 6 atom stereocenters. The molecule has 0 aliphatic carbocycles. The van der Waals surface area contributed by atoms with Gasteiger partial charge >= 0.3 is 0 Å². The van der Waals surface area contributed by atoms with E-state index < -0.39 is 59.6 Å². The number of amides is 4. The summed E-state index contributed by atoms with van der Waals surface area (Å²) in [6.45, 7) is 0. The monoisotopic (exact) mass is 470 g/mol. The highest BCUT2D eigenvalue weighted by atomic mass is 35.5. The second-order valence-electron chi connectivity index (χ2n) is 8.40. The van der Waals surface area contributed by atoms with Gasteiger partial charge in [0.2, 0.25) is 23.6 Å². The Labute approximate surface area is 192 Å². The molecule has 162 valence electrons. The molecule has 2 aromatic rings. The Kier molecular flexibility index (Phi) is 4.26. The third kappa shape index (κ3) is 2.58. The van der Waals surface area contributed by atoms with Gasteiger partial charge < -0.3 is 0 Å². The molecule has 6 rings (SSSR count). The van der Waals surface area contributed by atoms with Crippen LogP contribution in [0.15, 0.2) is 48.5 Å². The maximum Gasteiger partial charge on any atom is 0.246 e. The van der Waals surface area contributed by atoms with Crippen LogP contribution in [0.1, 0.15) is 23.2 Å². The van der Waals surface area contributed by atoms with Gasteiger partial charge in [0, 0.05) is 10.0 Å². The number of rotatable bonds is 2. The van der Waals surface area contributed by atoms with Gasteiger partial charge in [-0.3, -0.25) is 29.8 Å². The van der Waals surface area contributed by atoms with Crippen LogP contribution in [0, 0.1) is 11.8 Å². The fourth-order valence-electron chi connectivity index (χ4n) is 5.66. The maximum atomic E-state index is 12.9. The van der Waals surface area contributed by atoms with E-state index >= 15 is 0 Å². The fourth-order valence-corrected chi connectivity index (χ4v) is 5.91. The quantitative estimate of drug-likeness (QED) is 0.646. The molecule has 8 nitrogen and oxygen atoms in total. The molecule has 4 aliphatic rings. The van der Waals surface area contributed by atoms with Crippen molar-refractivity contribution in [1.82, 2.24) is 20.7 Å². The average molecular weight is 471 g/mol. The Balaban J connectivity index is 1.56. The van der Waals surface area contributed by atoms with Crippen molar-refractivity contribution in [2.24, 2.45) is 11.8 Å². The standard InChI is InChI=1S/C22H16Cl2N4O4/c23-11-5-1-9(2-6-11)15-13-17(21(31)25-19(13)29)28-16(10-3-7-12(24)8-4-10)14-18(27(15)28)22(32)26-20(14)30/h1-8,13-18H,(H,25,29,31)(H,26,30,32)/t13-,14+,15-,16+,17-,18-/m0/s1. The predicted molar refractivity (Wildman–Crippen MR) is 113 cm³/mol. The molecule has 32 heavy (non-hydrogen) atoms. The molecule has 4 fully saturated rings. The predicted octanol–water partition coefficient (Wildman–Crippen LogP) is 1.60. The number of fused-ring (bicyclic) bond motifs is 5. The highest BCUT2D eigenvalue weighted by Crippen LogP contribution is 2.57. The number of nitrogens with zero attached hydrogens (tertiary/aromatic N) is 2. The van der Waals surface area contributed by atoms with E-state index in [1.807, 2.05) is 0 Å². The largest absolute Gasteiger partial charge is 0.295 e. The number of nitrogens with one attached hydrogen (secondary N) is 2. The topological polar surface area (TPSA) is 98.8 Å². The van der Waals surface area contributed by atoms with Crippen molar-refractivity contribution >= 4 is 46.8 Å². The van der Waals surface area contributed by atoms with E-state index in [2.05, 4.69) is 10.6 Å². The summed E-state index contributed by atoms with van der Waals surface area (Å²) in [4.78, 5) is 51.6. The summed E-state index contributed by atoms with van der Waals surface area (Å²) in [6.07, 6.45) is 0. The number of carbonyl (C=O) groups is 4. The van der Waals surface area contributed by atoms with Crippen LogP contribution in [0.25, 0.3) is 0 Å². The van der Waals surface area contributed by atoms with Crippen molar-refractivity contribution in [3.63, 3.8) is 0 Å². The third-order valence-electron chi connectivity index (χ3n) is 6.83. The van der Waals surface area contributed by atoms with E-state index in [0.717, 1.165) is 11.1 Å². The zero-order chi connectivity index (χ0) is 22.3. The van der Waals surface area contributed by atoms with Crippen molar-refractivity contribution in [1.29, 1.82) is 0 Å². The molecule has 10 heteroatoms. The molecule has 2 N–H and O–H groups in total. The van der Waals surface area contributed by atoms with Crippen molar-refractivity contribution in [2.45, 2.75) is 24.2 Å². The number of halogens is 2. The molecule has 0 radical (unpaired) electrons. The van der Waals surface area contributed by atoms with Crippen LogP contribution in [-0.4, -0.2) is 45.7 Å². The maximum absolute atomic E-state index is 12.9. The summed E-state index contributed by atoms with van der Waals surface area (Å²) >= 11 is 12.1. The summed E-state index contributed by atoms with van der Waals surface area (Å²) in [5.74, 6) is -3.14. The van der Waals surface area contributed by atoms with Gasteiger partial charge in [-0.25, -0.2) is 10.0 Å². The summed E-state index contributed by atoms with van der Waals surface area (Å²) in [5, 5.41) is 9.45. The summed E-state index contributed by atoms with van der Waals surface area (Å²) < 4.78 is 0.